The Labute approximate surface area is 151 Å². The molecule has 1 N–H and O–H groups in total. The summed E-state index contributed by atoms with van der Waals surface area (Å²) in [5, 5.41) is 11.6. The first kappa shape index (κ1) is 19.3. The van der Waals surface area contributed by atoms with E-state index < -0.39 is 20.6 Å². The summed E-state index contributed by atoms with van der Waals surface area (Å²) in [7, 11) is -0.449. The average molecular weight is 384 g/mol. The molecule has 0 bridgehead atoms. The second-order valence-electron chi connectivity index (χ2n) is 5.58. The molecule has 9 heteroatoms. The van der Waals surface area contributed by atoms with E-state index >= 15 is 0 Å². The van der Waals surface area contributed by atoms with Gasteiger partial charge in [-0.2, -0.15) is 0 Å². The number of para-hydroxylation sites is 1. The fourth-order valence-electron chi connectivity index (χ4n) is 2.42. The molecule has 1 unspecified atom stereocenters. The summed E-state index contributed by atoms with van der Waals surface area (Å²) in [4.78, 5) is 11.8. The maximum absolute atomic E-state index is 12.5. The fraction of sp³-hybridized carbons (Fsp3) is 0.250. The third-order valence-electron chi connectivity index (χ3n) is 3.71. The van der Waals surface area contributed by atoms with Gasteiger partial charge in [-0.25, -0.2) is 13.1 Å². The van der Waals surface area contributed by atoms with Gasteiger partial charge in [-0.15, -0.1) is 0 Å². The van der Waals surface area contributed by atoms with Crippen LogP contribution >= 0.6 is 11.6 Å². The van der Waals surface area contributed by atoms with Crippen LogP contribution in [0.3, 0.4) is 0 Å². The lowest BCUT2D eigenvalue weighted by molar-refractivity contribution is -0.387. The number of hydrogen-bond acceptors (Lipinski definition) is 5. The molecule has 0 spiro atoms. The molecule has 0 heterocycles. The van der Waals surface area contributed by atoms with E-state index in [0.29, 0.717) is 5.02 Å². The first-order chi connectivity index (χ1) is 11.7. The van der Waals surface area contributed by atoms with Gasteiger partial charge in [0.05, 0.1) is 4.92 Å². The highest BCUT2D eigenvalue weighted by atomic mass is 35.5. The van der Waals surface area contributed by atoms with Crippen LogP contribution in [0.25, 0.3) is 0 Å². The number of likely N-dealkylation sites (N-methyl/N-ethyl adjacent to an activating group) is 1. The second-order valence-corrected chi connectivity index (χ2v) is 7.72. The Morgan fingerprint density at radius 1 is 1.16 bits per heavy atom. The van der Waals surface area contributed by atoms with Crippen molar-refractivity contribution in [3.63, 3.8) is 0 Å². The lowest BCUT2D eigenvalue weighted by atomic mass is 10.1. The molecule has 0 aliphatic rings. The molecule has 0 saturated carbocycles. The Morgan fingerprint density at radius 3 is 2.36 bits per heavy atom. The van der Waals surface area contributed by atoms with E-state index in [0.717, 1.165) is 11.6 Å². The summed E-state index contributed by atoms with van der Waals surface area (Å²) >= 11 is 6.20. The van der Waals surface area contributed by atoms with Crippen LogP contribution in [0.15, 0.2) is 53.4 Å². The predicted octanol–water partition coefficient (Wildman–Crippen LogP) is 2.83. The molecule has 0 aliphatic carbocycles. The standard InChI is InChI=1S/C16H18ClN3O4S/c1-19(2)15(12-7-3-4-8-13(12)17)11-18-25(23,24)16-10-6-5-9-14(16)20(21)22/h3-10,15,18H,11H2,1-2H3. The molecule has 25 heavy (non-hydrogen) atoms. The van der Waals surface area contributed by atoms with Gasteiger partial charge in [0.2, 0.25) is 10.0 Å². The van der Waals surface area contributed by atoms with Crippen molar-refractivity contribution < 1.29 is 13.3 Å². The van der Waals surface area contributed by atoms with Crippen molar-refractivity contribution >= 4 is 27.3 Å². The molecule has 0 aliphatic heterocycles. The van der Waals surface area contributed by atoms with Gasteiger partial charge in [0.1, 0.15) is 0 Å². The number of hydrogen-bond donors (Lipinski definition) is 1. The Kier molecular flexibility index (Phi) is 6.12. The molecule has 2 rings (SSSR count). The van der Waals surface area contributed by atoms with Gasteiger partial charge >= 0.3 is 0 Å². The Morgan fingerprint density at radius 2 is 1.76 bits per heavy atom. The monoisotopic (exact) mass is 383 g/mol. The van der Waals surface area contributed by atoms with Gasteiger partial charge < -0.3 is 4.90 Å². The molecule has 0 aromatic heterocycles. The highest BCUT2D eigenvalue weighted by Gasteiger charge is 2.27. The minimum atomic E-state index is -4.05. The van der Waals surface area contributed by atoms with Gasteiger partial charge in [0.15, 0.2) is 4.90 Å². The Balaban J connectivity index is 2.29. The molecule has 2 aromatic carbocycles. The summed E-state index contributed by atoms with van der Waals surface area (Å²) in [6.07, 6.45) is 0. The number of rotatable bonds is 7. The number of nitro groups is 1. The van der Waals surface area contributed by atoms with Gasteiger partial charge in [0.25, 0.3) is 5.69 Å². The Bertz CT molecular complexity index is 871. The molecule has 0 radical (unpaired) electrons. The van der Waals surface area contributed by atoms with Gasteiger partial charge in [-0.1, -0.05) is 41.9 Å². The SMILES string of the molecule is CN(C)C(CNS(=O)(=O)c1ccccc1[N+](=O)[O-])c1ccccc1Cl. The van der Waals surface area contributed by atoms with Gasteiger partial charge in [-0.3, -0.25) is 10.1 Å². The van der Waals surface area contributed by atoms with Crippen molar-refractivity contribution in [3.8, 4) is 0 Å². The summed E-state index contributed by atoms with van der Waals surface area (Å²) in [6, 6.07) is 12.0. The quantitative estimate of drug-likeness (QED) is 0.586. The number of nitro benzene ring substituents is 1. The van der Waals surface area contributed by atoms with Crippen molar-refractivity contribution in [2.24, 2.45) is 0 Å². The third-order valence-corrected chi connectivity index (χ3v) is 5.52. The van der Waals surface area contributed by atoms with Crippen LogP contribution in [0.2, 0.25) is 5.02 Å². The zero-order valence-corrected chi connectivity index (χ0v) is 15.3. The van der Waals surface area contributed by atoms with Crippen molar-refractivity contribution in [2.75, 3.05) is 20.6 Å². The maximum atomic E-state index is 12.5. The van der Waals surface area contributed by atoms with Crippen molar-refractivity contribution in [2.45, 2.75) is 10.9 Å². The number of nitrogens with one attached hydrogen (secondary N) is 1. The summed E-state index contributed by atoms with van der Waals surface area (Å²) in [5.74, 6) is 0. The molecular formula is C16H18ClN3O4S. The van der Waals surface area contributed by atoms with Crippen LogP contribution in [0.5, 0.6) is 0 Å². The van der Waals surface area contributed by atoms with Crippen LogP contribution in [-0.2, 0) is 10.0 Å². The van der Waals surface area contributed by atoms with Crippen LogP contribution in [0.4, 0.5) is 5.69 Å². The number of halogens is 1. The minimum absolute atomic E-state index is 0.0190. The van der Waals surface area contributed by atoms with Crippen LogP contribution in [0.1, 0.15) is 11.6 Å². The molecule has 7 nitrogen and oxygen atoms in total. The largest absolute Gasteiger partial charge is 0.301 e. The van der Waals surface area contributed by atoms with Crippen LogP contribution in [0, 0.1) is 10.1 Å². The lowest BCUT2D eigenvalue weighted by Gasteiger charge is -2.25. The number of benzene rings is 2. The Hall–Kier alpha value is -2.00. The first-order valence-electron chi connectivity index (χ1n) is 7.38. The van der Waals surface area contributed by atoms with Crippen LogP contribution in [-0.4, -0.2) is 38.9 Å². The summed E-state index contributed by atoms with van der Waals surface area (Å²) in [6.45, 7) is 0.0190. The van der Waals surface area contributed by atoms with Crippen molar-refractivity contribution in [1.82, 2.24) is 9.62 Å². The van der Waals surface area contributed by atoms with E-state index in [4.69, 9.17) is 11.6 Å². The van der Waals surface area contributed by atoms with E-state index in [1.54, 1.807) is 26.2 Å². The first-order valence-corrected chi connectivity index (χ1v) is 9.24. The lowest BCUT2D eigenvalue weighted by Crippen LogP contribution is -2.35. The van der Waals surface area contributed by atoms with Crippen molar-refractivity contribution in [3.05, 3.63) is 69.2 Å². The number of nitrogens with zero attached hydrogens (tertiary/aromatic N) is 2. The normalized spacial score (nSPS) is 13.0. The highest BCUT2D eigenvalue weighted by molar-refractivity contribution is 7.89. The summed E-state index contributed by atoms with van der Waals surface area (Å²) < 4.78 is 27.5. The topological polar surface area (TPSA) is 92.6 Å². The zero-order chi connectivity index (χ0) is 18.6. The molecule has 0 fully saturated rings. The highest BCUT2D eigenvalue weighted by Crippen LogP contribution is 2.27. The van der Waals surface area contributed by atoms with Gasteiger partial charge in [-0.05, 0) is 31.8 Å². The zero-order valence-electron chi connectivity index (χ0n) is 13.7. The van der Waals surface area contributed by atoms with E-state index in [9.17, 15) is 18.5 Å². The average Bonchev–Trinajstić information content (AvgIpc) is 2.56. The smallest absolute Gasteiger partial charge is 0.289 e. The summed E-state index contributed by atoms with van der Waals surface area (Å²) in [5.41, 5.74) is 0.300. The maximum Gasteiger partial charge on any atom is 0.289 e. The predicted molar refractivity (Wildman–Crippen MR) is 96.2 cm³/mol. The van der Waals surface area contributed by atoms with E-state index in [-0.39, 0.29) is 17.5 Å². The van der Waals surface area contributed by atoms with E-state index in [1.165, 1.54) is 18.2 Å². The van der Waals surface area contributed by atoms with E-state index in [2.05, 4.69) is 4.72 Å². The molecular weight excluding hydrogens is 366 g/mol. The molecule has 134 valence electrons. The van der Waals surface area contributed by atoms with Crippen molar-refractivity contribution in [1.29, 1.82) is 0 Å². The molecule has 0 amide bonds. The third kappa shape index (κ3) is 4.55. The molecule has 0 saturated heterocycles. The van der Waals surface area contributed by atoms with Gasteiger partial charge in [0, 0.05) is 23.7 Å². The second kappa shape index (κ2) is 7.92. The molecule has 1 atom stereocenters. The fourth-order valence-corrected chi connectivity index (χ4v) is 3.89. The molecule has 2 aromatic rings. The number of sulfonamides is 1. The van der Waals surface area contributed by atoms with Crippen LogP contribution < -0.4 is 4.72 Å². The van der Waals surface area contributed by atoms with E-state index in [1.807, 2.05) is 17.0 Å². The minimum Gasteiger partial charge on any atom is -0.301 e.